The van der Waals surface area contributed by atoms with Crippen molar-refractivity contribution in [2.45, 2.75) is 5.79 Å². The van der Waals surface area contributed by atoms with Crippen LogP contribution in [0.3, 0.4) is 0 Å². The van der Waals surface area contributed by atoms with E-state index in [-0.39, 0.29) is 25.7 Å². The van der Waals surface area contributed by atoms with Gasteiger partial charge in [0.25, 0.3) is 0 Å². The van der Waals surface area contributed by atoms with E-state index >= 15 is 0 Å². The zero-order chi connectivity index (χ0) is 9.03. The topological polar surface area (TPSA) is 38.7 Å². The minimum absolute atomic E-state index is 0.0886. The van der Waals surface area contributed by atoms with E-state index in [1.807, 2.05) is 0 Å². The Bertz CT molecular complexity index is 129. The van der Waals surface area contributed by atoms with Crippen LogP contribution in [0.15, 0.2) is 0 Å². The lowest BCUT2D eigenvalue weighted by molar-refractivity contribution is -0.296. The molecule has 1 N–H and O–H groups in total. The molecule has 1 heterocycles. The maximum Gasteiger partial charge on any atom is 0.226 e. The van der Waals surface area contributed by atoms with Gasteiger partial charge in [-0.3, -0.25) is 0 Å². The molecule has 0 amide bonds. The molecule has 1 rings (SSSR count). The van der Waals surface area contributed by atoms with Gasteiger partial charge < -0.3 is 14.6 Å². The molecule has 0 unspecified atom stereocenters. The third kappa shape index (κ3) is 1.91. The average molecular weight is 182 g/mol. The molecule has 0 spiro atoms. The highest BCUT2D eigenvalue weighted by Crippen LogP contribution is 2.22. The summed E-state index contributed by atoms with van der Waals surface area (Å²) in [6, 6.07) is 0. The quantitative estimate of drug-likeness (QED) is 0.681. The van der Waals surface area contributed by atoms with Crippen molar-refractivity contribution in [2.75, 3.05) is 33.2 Å². The molecule has 0 saturated carbocycles. The van der Waals surface area contributed by atoms with Crippen molar-refractivity contribution in [1.29, 1.82) is 0 Å². The summed E-state index contributed by atoms with van der Waals surface area (Å²) in [6.45, 7) is -1.80. The Morgan fingerprint density at radius 3 is 2.08 bits per heavy atom. The van der Waals surface area contributed by atoms with Crippen LogP contribution in [0.4, 0.5) is 8.78 Å². The van der Waals surface area contributed by atoms with Crippen LogP contribution >= 0.6 is 0 Å². The van der Waals surface area contributed by atoms with Gasteiger partial charge in [0, 0.05) is 5.92 Å². The van der Waals surface area contributed by atoms with E-state index in [9.17, 15) is 8.78 Å². The molecule has 12 heavy (non-hydrogen) atoms. The van der Waals surface area contributed by atoms with Crippen molar-refractivity contribution in [1.82, 2.24) is 0 Å². The fourth-order valence-corrected chi connectivity index (χ4v) is 0.925. The zero-order valence-electron chi connectivity index (χ0n) is 6.63. The van der Waals surface area contributed by atoms with Crippen molar-refractivity contribution < 1.29 is 23.4 Å². The number of ether oxygens (including phenoxy) is 2. The van der Waals surface area contributed by atoms with Crippen LogP contribution in [-0.4, -0.2) is 44.1 Å². The first-order chi connectivity index (χ1) is 5.76. The molecule has 0 bridgehead atoms. The summed E-state index contributed by atoms with van der Waals surface area (Å²) in [6.07, 6.45) is 0. The highest BCUT2D eigenvalue weighted by molar-refractivity contribution is 4.74. The number of aliphatic hydroxyl groups is 1. The molecule has 0 radical (unpaired) electrons. The molecule has 0 aromatic heterocycles. The largest absolute Gasteiger partial charge is 0.396 e. The average Bonchev–Trinajstić information content (AvgIpc) is 2.18. The number of alkyl halides is 2. The predicted molar refractivity (Wildman–Crippen MR) is 37.2 cm³/mol. The Balaban J connectivity index is 2.42. The molecule has 1 saturated heterocycles. The maximum absolute atomic E-state index is 12.2. The van der Waals surface area contributed by atoms with E-state index < -0.39 is 19.1 Å². The second-order valence-corrected chi connectivity index (χ2v) is 2.85. The van der Waals surface area contributed by atoms with Crippen molar-refractivity contribution in [3.63, 3.8) is 0 Å². The molecule has 1 aliphatic rings. The van der Waals surface area contributed by atoms with Crippen molar-refractivity contribution in [2.24, 2.45) is 5.92 Å². The molecule has 5 heteroatoms. The molecular weight excluding hydrogens is 170 g/mol. The van der Waals surface area contributed by atoms with Crippen LogP contribution in [0.1, 0.15) is 0 Å². The summed E-state index contributed by atoms with van der Waals surface area (Å²) in [5.74, 6) is -1.87. The summed E-state index contributed by atoms with van der Waals surface area (Å²) in [7, 11) is 0. The Morgan fingerprint density at radius 1 is 1.25 bits per heavy atom. The highest BCUT2D eigenvalue weighted by atomic mass is 19.1. The van der Waals surface area contributed by atoms with Gasteiger partial charge in [-0.25, -0.2) is 8.78 Å². The molecule has 0 aromatic rings. The minimum Gasteiger partial charge on any atom is -0.396 e. The fourth-order valence-electron chi connectivity index (χ4n) is 0.925. The van der Waals surface area contributed by atoms with E-state index in [4.69, 9.17) is 14.6 Å². The lowest BCUT2D eigenvalue weighted by Gasteiger charge is -2.35. The minimum atomic E-state index is -1.70. The van der Waals surface area contributed by atoms with Crippen LogP contribution in [0, 0.1) is 5.92 Å². The van der Waals surface area contributed by atoms with Crippen molar-refractivity contribution in [3.05, 3.63) is 0 Å². The predicted octanol–water partition coefficient (Wildman–Crippen LogP) is 0.277. The molecule has 0 aliphatic carbocycles. The summed E-state index contributed by atoms with van der Waals surface area (Å²) < 4.78 is 34.1. The summed E-state index contributed by atoms with van der Waals surface area (Å²) >= 11 is 0. The number of aliphatic hydroxyl groups excluding tert-OH is 1. The van der Waals surface area contributed by atoms with Gasteiger partial charge in [0.15, 0.2) is 0 Å². The lowest BCUT2D eigenvalue weighted by Crippen LogP contribution is -2.48. The summed E-state index contributed by atoms with van der Waals surface area (Å²) in [4.78, 5) is 0. The van der Waals surface area contributed by atoms with Gasteiger partial charge in [-0.1, -0.05) is 0 Å². The maximum atomic E-state index is 12.2. The van der Waals surface area contributed by atoms with E-state index in [0.29, 0.717) is 0 Å². The van der Waals surface area contributed by atoms with Crippen LogP contribution in [0.5, 0.6) is 0 Å². The first-order valence-corrected chi connectivity index (χ1v) is 3.77. The highest BCUT2D eigenvalue weighted by Gasteiger charge is 2.38. The van der Waals surface area contributed by atoms with E-state index in [1.165, 1.54) is 0 Å². The van der Waals surface area contributed by atoms with Crippen LogP contribution < -0.4 is 0 Å². The molecule has 0 aromatic carbocycles. The standard InChI is InChI=1S/C7H12F2O3/c8-4-7(5-9)11-2-6(1-10)3-12-7/h6,10H,1-5H2. The normalized spacial score (nSPS) is 24.2. The molecular formula is C7H12F2O3. The second kappa shape index (κ2) is 4.11. The van der Waals surface area contributed by atoms with Crippen molar-refractivity contribution >= 4 is 0 Å². The molecule has 1 aliphatic heterocycles. The number of halogens is 2. The van der Waals surface area contributed by atoms with Gasteiger partial charge in [-0.15, -0.1) is 0 Å². The van der Waals surface area contributed by atoms with E-state index in [1.54, 1.807) is 0 Å². The number of hydrogen-bond acceptors (Lipinski definition) is 3. The van der Waals surface area contributed by atoms with Crippen LogP contribution in [0.2, 0.25) is 0 Å². The van der Waals surface area contributed by atoms with Gasteiger partial charge >= 0.3 is 0 Å². The van der Waals surface area contributed by atoms with Crippen LogP contribution in [-0.2, 0) is 9.47 Å². The SMILES string of the molecule is OCC1COC(CF)(CF)OC1. The van der Waals surface area contributed by atoms with E-state index in [2.05, 4.69) is 0 Å². The summed E-state index contributed by atoms with van der Waals surface area (Å²) in [5, 5.41) is 8.66. The monoisotopic (exact) mass is 182 g/mol. The fraction of sp³-hybridized carbons (Fsp3) is 1.00. The summed E-state index contributed by atoms with van der Waals surface area (Å²) in [5.41, 5.74) is 0. The first-order valence-electron chi connectivity index (χ1n) is 3.77. The Labute approximate surface area is 69.3 Å². The second-order valence-electron chi connectivity index (χ2n) is 2.85. The van der Waals surface area contributed by atoms with Gasteiger partial charge in [-0.05, 0) is 0 Å². The van der Waals surface area contributed by atoms with E-state index in [0.717, 1.165) is 0 Å². The smallest absolute Gasteiger partial charge is 0.226 e. The lowest BCUT2D eigenvalue weighted by atomic mass is 10.1. The van der Waals surface area contributed by atoms with Gasteiger partial charge in [0.1, 0.15) is 13.3 Å². The third-order valence-corrected chi connectivity index (χ3v) is 1.83. The molecule has 72 valence electrons. The molecule has 3 nitrogen and oxygen atoms in total. The molecule has 0 atom stereocenters. The van der Waals surface area contributed by atoms with Crippen LogP contribution in [0.25, 0.3) is 0 Å². The third-order valence-electron chi connectivity index (χ3n) is 1.83. The molecule has 1 fully saturated rings. The zero-order valence-corrected chi connectivity index (χ0v) is 6.63. The van der Waals surface area contributed by atoms with Gasteiger partial charge in [0.05, 0.1) is 19.8 Å². The number of rotatable bonds is 3. The first kappa shape index (κ1) is 9.83. The number of hydrogen-bond donors (Lipinski definition) is 1. The van der Waals surface area contributed by atoms with Crippen molar-refractivity contribution in [3.8, 4) is 0 Å². The Morgan fingerprint density at radius 2 is 1.75 bits per heavy atom. The van der Waals surface area contributed by atoms with Gasteiger partial charge in [0.2, 0.25) is 5.79 Å². The van der Waals surface area contributed by atoms with Gasteiger partial charge in [-0.2, -0.15) is 0 Å². The Hall–Kier alpha value is -0.260. The Kier molecular flexibility index (Phi) is 3.37.